The van der Waals surface area contributed by atoms with Gasteiger partial charge in [0.1, 0.15) is 5.75 Å². The van der Waals surface area contributed by atoms with Gasteiger partial charge in [0, 0.05) is 18.8 Å². The van der Waals surface area contributed by atoms with Gasteiger partial charge in [-0.15, -0.1) is 0 Å². The third-order valence-corrected chi connectivity index (χ3v) is 2.71. The Morgan fingerprint density at radius 3 is 2.79 bits per heavy atom. The third kappa shape index (κ3) is 2.85. The minimum absolute atomic E-state index is 0.584. The number of carboxylic acids is 1. The van der Waals surface area contributed by atoms with E-state index in [9.17, 15) is 9.90 Å². The van der Waals surface area contributed by atoms with Gasteiger partial charge in [-0.05, 0) is 12.1 Å². The van der Waals surface area contributed by atoms with Crippen LogP contribution >= 0.6 is 0 Å². The Labute approximate surface area is 110 Å². The molecular formula is C13H15N3O3. The largest absolute Gasteiger partial charge is 0.495 e. The van der Waals surface area contributed by atoms with Crippen molar-refractivity contribution in [2.24, 2.45) is 7.05 Å². The predicted molar refractivity (Wildman–Crippen MR) is 70.2 cm³/mol. The Kier molecular flexibility index (Phi) is 3.70. The summed E-state index contributed by atoms with van der Waals surface area (Å²) in [5.41, 5.74) is 1.21. The van der Waals surface area contributed by atoms with E-state index in [-0.39, 0.29) is 0 Å². The summed E-state index contributed by atoms with van der Waals surface area (Å²) in [7, 11) is 3.28. The number of carboxylic acid groups (broad SMARTS) is 1. The number of nitrogens with one attached hydrogen (secondary N) is 1. The fourth-order valence-corrected chi connectivity index (χ4v) is 1.80. The zero-order valence-electron chi connectivity index (χ0n) is 10.7. The molecule has 2 N–H and O–H groups in total. The van der Waals surface area contributed by atoms with Gasteiger partial charge in [-0.3, -0.25) is 4.68 Å². The Hall–Kier alpha value is -2.50. The van der Waals surface area contributed by atoms with E-state index in [1.165, 1.54) is 6.20 Å². The summed E-state index contributed by atoms with van der Waals surface area (Å²) < 4.78 is 6.76. The maximum absolute atomic E-state index is 11.4. The number of hydrogen-bond acceptors (Lipinski definition) is 4. The fourth-order valence-electron chi connectivity index (χ4n) is 1.80. The number of nitrogens with zero attached hydrogens (tertiary/aromatic N) is 2. The molecule has 0 radical (unpaired) electrons. The number of anilines is 1. The average Bonchev–Trinajstić information content (AvgIpc) is 2.82. The Morgan fingerprint density at radius 2 is 2.21 bits per heavy atom. The molecule has 1 unspecified atom stereocenters. The molecule has 6 heteroatoms. The SMILES string of the molecule is COc1ccccc1NC(C(=O)O)c1cnn(C)c1. The number of carbonyl (C=O) groups is 1. The van der Waals surface area contributed by atoms with Gasteiger partial charge < -0.3 is 15.2 Å². The number of rotatable bonds is 5. The van der Waals surface area contributed by atoms with E-state index in [0.717, 1.165) is 0 Å². The average molecular weight is 261 g/mol. The molecule has 1 aromatic carbocycles. The smallest absolute Gasteiger partial charge is 0.330 e. The second-order valence-electron chi connectivity index (χ2n) is 4.06. The normalized spacial score (nSPS) is 11.9. The van der Waals surface area contributed by atoms with Crippen LogP contribution in [0.25, 0.3) is 0 Å². The quantitative estimate of drug-likeness (QED) is 0.856. The first-order chi connectivity index (χ1) is 9.11. The Morgan fingerprint density at radius 1 is 1.47 bits per heavy atom. The molecule has 0 bridgehead atoms. The minimum atomic E-state index is -0.973. The molecule has 19 heavy (non-hydrogen) atoms. The van der Waals surface area contributed by atoms with Crippen LogP contribution < -0.4 is 10.1 Å². The lowest BCUT2D eigenvalue weighted by molar-refractivity contribution is -0.138. The number of para-hydroxylation sites is 2. The minimum Gasteiger partial charge on any atom is -0.495 e. The van der Waals surface area contributed by atoms with Crippen molar-refractivity contribution >= 4 is 11.7 Å². The van der Waals surface area contributed by atoms with Gasteiger partial charge in [0.15, 0.2) is 6.04 Å². The summed E-state index contributed by atoms with van der Waals surface area (Å²) in [6.07, 6.45) is 3.20. The highest BCUT2D eigenvalue weighted by atomic mass is 16.5. The first-order valence-corrected chi connectivity index (χ1v) is 5.72. The van der Waals surface area contributed by atoms with E-state index in [4.69, 9.17) is 4.74 Å². The van der Waals surface area contributed by atoms with Gasteiger partial charge in [-0.25, -0.2) is 4.79 Å². The van der Waals surface area contributed by atoms with Crippen molar-refractivity contribution in [1.82, 2.24) is 9.78 Å². The molecule has 0 spiro atoms. The zero-order chi connectivity index (χ0) is 13.8. The molecule has 6 nitrogen and oxygen atoms in total. The first-order valence-electron chi connectivity index (χ1n) is 5.72. The van der Waals surface area contributed by atoms with Crippen LogP contribution in [-0.2, 0) is 11.8 Å². The topological polar surface area (TPSA) is 76.4 Å². The highest BCUT2D eigenvalue weighted by molar-refractivity contribution is 5.80. The van der Waals surface area contributed by atoms with Gasteiger partial charge in [-0.1, -0.05) is 12.1 Å². The van der Waals surface area contributed by atoms with E-state index in [0.29, 0.717) is 17.0 Å². The maximum Gasteiger partial charge on any atom is 0.330 e. The molecule has 2 rings (SSSR count). The van der Waals surface area contributed by atoms with Crippen LogP contribution in [0.3, 0.4) is 0 Å². The zero-order valence-corrected chi connectivity index (χ0v) is 10.7. The third-order valence-electron chi connectivity index (χ3n) is 2.71. The summed E-state index contributed by atoms with van der Waals surface area (Å²) in [6.45, 7) is 0. The van der Waals surface area contributed by atoms with Crippen LogP contribution in [0.1, 0.15) is 11.6 Å². The van der Waals surface area contributed by atoms with Gasteiger partial charge in [0.2, 0.25) is 0 Å². The highest BCUT2D eigenvalue weighted by Crippen LogP contribution is 2.27. The molecule has 0 aliphatic heterocycles. The van der Waals surface area contributed by atoms with E-state index >= 15 is 0 Å². The van der Waals surface area contributed by atoms with Gasteiger partial charge in [-0.2, -0.15) is 5.10 Å². The van der Waals surface area contributed by atoms with Crippen molar-refractivity contribution in [2.45, 2.75) is 6.04 Å². The number of methoxy groups -OCH3 is 1. The van der Waals surface area contributed by atoms with E-state index in [2.05, 4.69) is 10.4 Å². The number of aliphatic carboxylic acids is 1. The van der Waals surface area contributed by atoms with Crippen molar-refractivity contribution in [3.63, 3.8) is 0 Å². The van der Waals surface area contributed by atoms with Crippen molar-refractivity contribution in [3.05, 3.63) is 42.2 Å². The second-order valence-corrected chi connectivity index (χ2v) is 4.06. The van der Waals surface area contributed by atoms with Gasteiger partial charge in [0.05, 0.1) is 19.0 Å². The number of hydrogen-bond donors (Lipinski definition) is 2. The molecule has 0 aliphatic carbocycles. The van der Waals surface area contributed by atoms with Gasteiger partial charge in [0.25, 0.3) is 0 Å². The molecule has 1 aromatic heterocycles. The molecular weight excluding hydrogens is 246 g/mol. The number of benzene rings is 1. The predicted octanol–water partition coefficient (Wildman–Crippen LogP) is 1.67. The van der Waals surface area contributed by atoms with Crippen molar-refractivity contribution in [3.8, 4) is 5.75 Å². The molecule has 2 aromatic rings. The summed E-state index contributed by atoms with van der Waals surface area (Å²) in [4.78, 5) is 11.4. The fraction of sp³-hybridized carbons (Fsp3) is 0.231. The summed E-state index contributed by atoms with van der Waals surface area (Å²) in [5, 5.41) is 16.3. The monoisotopic (exact) mass is 261 g/mol. The lowest BCUT2D eigenvalue weighted by Gasteiger charge is -2.16. The number of ether oxygens (including phenoxy) is 1. The van der Waals surface area contributed by atoms with Crippen LogP contribution in [-0.4, -0.2) is 28.0 Å². The molecule has 100 valence electrons. The standard InChI is InChI=1S/C13H15N3O3/c1-16-8-9(7-14-16)12(13(17)18)15-10-5-3-4-6-11(10)19-2/h3-8,12,15H,1-2H3,(H,17,18). The van der Waals surface area contributed by atoms with E-state index in [1.807, 2.05) is 12.1 Å². The van der Waals surface area contributed by atoms with Crippen LogP contribution in [0, 0.1) is 0 Å². The van der Waals surface area contributed by atoms with Crippen LogP contribution in [0.2, 0.25) is 0 Å². The van der Waals surface area contributed by atoms with Crippen LogP contribution in [0.5, 0.6) is 5.75 Å². The summed E-state index contributed by atoms with van der Waals surface area (Å²) in [5.74, 6) is -0.378. The number of aryl methyl sites for hydroxylation is 1. The molecule has 1 atom stereocenters. The molecule has 0 saturated heterocycles. The van der Waals surface area contributed by atoms with Crippen molar-refractivity contribution < 1.29 is 14.6 Å². The maximum atomic E-state index is 11.4. The Balaban J connectivity index is 2.29. The lowest BCUT2D eigenvalue weighted by atomic mass is 10.1. The van der Waals surface area contributed by atoms with E-state index < -0.39 is 12.0 Å². The van der Waals surface area contributed by atoms with Crippen molar-refractivity contribution in [2.75, 3.05) is 12.4 Å². The van der Waals surface area contributed by atoms with E-state index in [1.54, 1.807) is 37.2 Å². The molecule has 0 aliphatic rings. The first kappa shape index (κ1) is 12.9. The molecule has 0 amide bonds. The molecule has 0 fully saturated rings. The van der Waals surface area contributed by atoms with Crippen LogP contribution in [0.15, 0.2) is 36.7 Å². The van der Waals surface area contributed by atoms with Gasteiger partial charge >= 0.3 is 5.97 Å². The molecule has 0 saturated carbocycles. The molecule has 1 heterocycles. The highest BCUT2D eigenvalue weighted by Gasteiger charge is 2.22. The number of aromatic nitrogens is 2. The lowest BCUT2D eigenvalue weighted by Crippen LogP contribution is -2.20. The second kappa shape index (κ2) is 5.43. The van der Waals surface area contributed by atoms with Crippen molar-refractivity contribution in [1.29, 1.82) is 0 Å². The van der Waals surface area contributed by atoms with Crippen LogP contribution in [0.4, 0.5) is 5.69 Å². The Bertz CT molecular complexity index is 580. The summed E-state index contributed by atoms with van der Waals surface area (Å²) >= 11 is 0. The summed E-state index contributed by atoms with van der Waals surface area (Å²) in [6, 6.07) is 6.30.